The standard InChI is InChI=1S/C24H25N5O2/c1-28(2)10-9-19-14-26-21-8-7-18(11-20(19)21)12-22-23(30)29(24(31)27-22)15-17-5-3-16(13-25)4-6-17/h3-8,11,14,26,30H,9-10,12,15H2,1-2H3,(H,27,31). The maximum Gasteiger partial charge on any atom is 0.328 e. The van der Waals surface area contributed by atoms with Crippen molar-refractivity contribution in [3.63, 3.8) is 0 Å². The molecule has 0 fully saturated rings. The number of hydrogen-bond donors (Lipinski definition) is 3. The molecule has 2 aromatic carbocycles. The topological polar surface area (TPSA) is 101 Å². The Bertz CT molecular complexity index is 1300. The van der Waals surface area contributed by atoms with E-state index in [4.69, 9.17) is 5.26 Å². The normalized spacial score (nSPS) is 11.3. The van der Waals surface area contributed by atoms with Crippen LogP contribution in [0.5, 0.6) is 5.88 Å². The van der Waals surface area contributed by atoms with Gasteiger partial charge in [0.2, 0.25) is 5.88 Å². The molecule has 4 rings (SSSR count). The zero-order chi connectivity index (χ0) is 22.0. The smallest absolute Gasteiger partial charge is 0.328 e. The van der Waals surface area contributed by atoms with E-state index in [1.54, 1.807) is 24.3 Å². The van der Waals surface area contributed by atoms with Crippen LogP contribution in [-0.2, 0) is 19.4 Å². The first-order valence-corrected chi connectivity index (χ1v) is 10.2. The molecule has 31 heavy (non-hydrogen) atoms. The molecule has 0 aliphatic heterocycles. The van der Waals surface area contributed by atoms with E-state index in [1.807, 2.05) is 18.3 Å². The van der Waals surface area contributed by atoms with Crippen LogP contribution in [0.2, 0.25) is 0 Å². The molecule has 158 valence electrons. The summed E-state index contributed by atoms with van der Waals surface area (Å²) in [5.41, 5.74) is 4.87. The Hall–Kier alpha value is -3.76. The molecule has 4 aromatic rings. The summed E-state index contributed by atoms with van der Waals surface area (Å²) < 4.78 is 1.31. The molecule has 0 unspecified atom stereocenters. The number of nitrogens with zero attached hydrogens (tertiary/aromatic N) is 3. The van der Waals surface area contributed by atoms with Gasteiger partial charge < -0.3 is 20.0 Å². The van der Waals surface area contributed by atoms with Crippen LogP contribution in [0, 0.1) is 11.3 Å². The lowest BCUT2D eigenvalue weighted by molar-refractivity contribution is 0.414. The second kappa shape index (κ2) is 8.54. The number of aromatic amines is 2. The van der Waals surface area contributed by atoms with Crippen molar-refractivity contribution in [3.05, 3.63) is 87.1 Å². The molecule has 0 radical (unpaired) electrons. The van der Waals surface area contributed by atoms with Gasteiger partial charge in [-0.25, -0.2) is 4.79 Å². The lowest BCUT2D eigenvalue weighted by Gasteiger charge is -2.08. The maximum atomic E-state index is 12.4. The number of aromatic hydroxyl groups is 1. The summed E-state index contributed by atoms with van der Waals surface area (Å²) in [6, 6.07) is 15.2. The molecule has 7 nitrogen and oxygen atoms in total. The van der Waals surface area contributed by atoms with Crippen LogP contribution < -0.4 is 5.69 Å². The molecule has 0 aliphatic carbocycles. The average molecular weight is 415 g/mol. The van der Waals surface area contributed by atoms with Gasteiger partial charge in [-0.2, -0.15) is 5.26 Å². The number of H-pyrrole nitrogens is 2. The Balaban J connectivity index is 1.57. The van der Waals surface area contributed by atoms with Crippen molar-refractivity contribution in [2.45, 2.75) is 19.4 Å². The highest BCUT2D eigenvalue weighted by atomic mass is 16.3. The summed E-state index contributed by atoms with van der Waals surface area (Å²) in [6.45, 7) is 1.20. The molecule has 0 saturated carbocycles. The highest BCUT2D eigenvalue weighted by Gasteiger charge is 2.15. The van der Waals surface area contributed by atoms with Gasteiger partial charge >= 0.3 is 5.69 Å². The molecule has 7 heteroatoms. The van der Waals surface area contributed by atoms with Gasteiger partial charge in [0.25, 0.3) is 0 Å². The zero-order valence-corrected chi connectivity index (χ0v) is 17.6. The number of hydrogen-bond acceptors (Lipinski definition) is 4. The fraction of sp³-hybridized carbons (Fsp3) is 0.250. The molecular weight excluding hydrogens is 390 g/mol. The Morgan fingerprint density at radius 2 is 1.87 bits per heavy atom. The van der Waals surface area contributed by atoms with Gasteiger partial charge in [-0.15, -0.1) is 0 Å². The van der Waals surface area contributed by atoms with Crippen molar-refractivity contribution in [1.82, 2.24) is 19.4 Å². The third-order valence-corrected chi connectivity index (χ3v) is 5.49. The van der Waals surface area contributed by atoms with E-state index in [2.05, 4.69) is 41.1 Å². The number of nitriles is 1. The van der Waals surface area contributed by atoms with Crippen LogP contribution in [0.25, 0.3) is 10.9 Å². The summed E-state index contributed by atoms with van der Waals surface area (Å²) in [5.74, 6) is -0.0589. The zero-order valence-electron chi connectivity index (χ0n) is 17.6. The van der Waals surface area contributed by atoms with Crippen LogP contribution in [0.4, 0.5) is 0 Å². The largest absolute Gasteiger partial charge is 0.493 e. The molecule has 2 aromatic heterocycles. The van der Waals surface area contributed by atoms with Crippen molar-refractivity contribution >= 4 is 10.9 Å². The molecule has 0 atom stereocenters. The Kier molecular flexibility index (Phi) is 5.65. The third-order valence-electron chi connectivity index (χ3n) is 5.49. The number of fused-ring (bicyclic) bond motifs is 1. The average Bonchev–Trinajstić information content (AvgIpc) is 3.28. The molecule has 0 aliphatic rings. The minimum atomic E-state index is -0.355. The molecule has 0 spiro atoms. The predicted molar refractivity (Wildman–Crippen MR) is 120 cm³/mol. The van der Waals surface area contributed by atoms with E-state index in [0.29, 0.717) is 17.7 Å². The minimum absolute atomic E-state index is 0.0589. The van der Waals surface area contributed by atoms with E-state index >= 15 is 0 Å². The lowest BCUT2D eigenvalue weighted by atomic mass is 10.0. The minimum Gasteiger partial charge on any atom is -0.493 e. The first-order valence-electron chi connectivity index (χ1n) is 10.2. The highest BCUT2D eigenvalue weighted by Crippen LogP contribution is 2.24. The van der Waals surface area contributed by atoms with Gasteiger partial charge in [-0.05, 0) is 61.5 Å². The number of rotatable bonds is 7. The summed E-state index contributed by atoms with van der Waals surface area (Å²) in [6.07, 6.45) is 3.42. The van der Waals surface area contributed by atoms with Crippen LogP contribution in [0.1, 0.15) is 27.9 Å². The van der Waals surface area contributed by atoms with Gasteiger partial charge in [0.05, 0.1) is 23.9 Å². The first kappa shape index (κ1) is 20.5. The molecular formula is C24H25N5O2. The fourth-order valence-electron chi connectivity index (χ4n) is 3.74. The van der Waals surface area contributed by atoms with Crippen molar-refractivity contribution in [3.8, 4) is 11.9 Å². The SMILES string of the molecule is CN(C)CCc1c[nH]c2ccc(Cc3[nH]c(=O)n(Cc4ccc(C#N)cc4)c3O)cc12. The maximum absolute atomic E-state index is 12.4. The van der Waals surface area contributed by atoms with Gasteiger partial charge in [-0.1, -0.05) is 18.2 Å². The highest BCUT2D eigenvalue weighted by molar-refractivity contribution is 5.84. The first-order chi connectivity index (χ1) is 14.9. The molecule has 2 heterocycles. The predicted octanol–water partition coefficient (Wildman–Crippen LogP) is 2.98. The summed E-state index contributed by atoms with van der Waals surface area (Å²) in [5, 5.41) is 20.8. The van der Waals surface area contributed by atoms with Crippen LogP contribution in [-0.4, -0.2) is 45.2 Å². The summed E-state index contributed by atoms with van der Waals surface area (Å²) >= 11 is 0. The van der Waals surface area contributed by atoms with Crippen molar-refractivity contribution < 1.29 is 5.11 Å². The summed E-state index contributed by atoms with van der Waals surface area (Å²) in [4.78, 5) is 20.7. The summed E-state index contributed by atoms with van der Waals surface area (Å²) in [7, 11) is 4.11. The molecule has 0 saturated heterocycles. The number of imidazole rings is 1. The second-order valence-electron chi connectivity index (χ2n) is 8.05. The van der Waals surface area contributed by atoms with Crippen molar-refractivity contribution in [1.29, 1.82) is 5.26 Å². The van der Waals surface area contributed by atoms with Gasteiger partial charge in [0.1, 0.15) is 0 Å². The molecule has 0 bridgehead atoms. The fourth-order valence-corrected chi connectivity index (χ4v) is 3.74. The lowest BCUT2D eigenvalue weighted by Crippen LogP contribution is -2.17. The Morgan fingerprint density at radius 3 is 2.58 bits per heavy atom. The quantitative estimate of drug-likeness (QED) is 0.432. The Morgan fingerprint density at radius 1 is 1.13 bits per heavy atom. The molecule has 3 N–H and O–H groups in total. The van der Waals surface area contributed by atoms with Crippen LogP contribution >= 0.6 is 0 Å². The van der Waals surface area contributed by atoms with Crippen molar-refractivity contribution in [2.24, 2.45) is 0 Å². The molecule has 0 amide bonds. The van der Waals surface area contributed by atoms with Gasteiger partial charge in [0.15, 0.2) is 0 Å². The van der Waals surface area contributed by atoms with Crippen molar-refractivity contribution in [2.75, 3.05) is 20.6 Å². The van der Waals surface area contributed by atoms with E-state index < -0.39 is 0 Å². The van der Waals surface area contributed by atoms with E-state index in [1.165, 1.54) is 15.5 Å². The van der Waals surface area contributed by atoms with E-state index in [-0.39, 0.29) is 18.1 Å². The third kappa shape index (κ3) is 4.39. The van der Waals surface area contributed by atoms with Crippen LogP contribution in [0.15, 0.2) is 53.5 Å². The number of likely N-dealkylation sites (N-methyl/N-ethyl adjacent to an activating group) is 1. The number of aromatic nitrogens is 3. The number of benzene rings is 2. The number of nitrogens with one attached hydrogen (secondary N) is 2. The van der Waals surface area contributed by atoms with E-state index in [9.17, 15) is 9.90 Å². The monoisotopic (exact) mass is 415 g/mol. The van der Waals surface area contributed by atoms with E-state index in [0.717, 1.165) is 29.6 Å². The van der Waals surface area contributed by atoms with Crippen LogP contribution in [0.3, 0.4) is 0 Å². The van der Waals surface area contributed by atoms with Gasteiger partial charge in [-0.3, -0.25) is 4.57 Å². The Labute approximate surface area is 180 Å². The van der Waals surface area contributed by atoms with Gasteiger partial charge in [0, 0.05) is 30.1 Å². The second-order valence-corrected chi connectivity index (χ2v) is 8.05.